The summed E-state index contributed by atoms with van der Waals surface area (Å²) < 4.78 is 52.9. The molecule has 2 heterocycles. The summed E-state index contributed by atoms with van der Waals surface area (Å²) in [6, 6.07) is -4.95. The average molecular weight is 1160 g/mol. The van der Waals surface area contributed by atoms with Crippen molar-refractivity contribution in [1.82, 2.24) is 36.8 Å². The van der Waals surface area contributed by atoms with E-state index < -0.39 is 149 Å². The van der Waals surface area contributed by atoms with Gasteiger partial charge in [0.15, 0.2) is 6.29 Å². The molecule has 1 saturated heterocycles. The molecule has 11 atom stereocenters. The number of ether oxygens (including phenoxy) is 9. The van der Waals surface area contributed by atoms with Crippen molar-refractivity contribution in [2.75, 3.05) is 26.7 Å². The summed E-state index contributed by atoms with van der Waals surface area (Å²) in [7, 11) is 1.34. The number of hydrogen-bond donors (Lipinski definition) is 9. The first-order valence-electron chi connectivity index (χ1n) is 27.7. The van der Waals surface area contributed by atoms with Crippen molar-refractivity contribution in [3.05, 3.63) is 11.8 Å². The van der Waals surface area contributed by atoms with Crippen LogP contribution in [0, 0.1) is 11.8 Å². The highest BCUT2D eigenvalue weighted by atomic mass is 16.7. The predicted molar refractivity (Wildman–Crippen MR) is 296 cm³/mol. The van der Waals surface area contributed by atoms with Crippen LogP contribution in [0.2, 0.25) is 0 Å². The van der Waals surface area contributed by atoms with Crippen molar-refractivity contribution >= 4 is 42.5 Å². The number of alkyl carbamates (subject to hydrolysis) is 4. The lowest BCUT2D eigenvalue weighted by atomic mass is 9.72. The Bertz CT molecular complexity index is 2250. The highest BCUT2D eigenvalue weighted by Gasteiger charge is 2.57. The Hall–Kier alpha value is -5.41. The quantitative estimate of drug-likeness (QED) is 0.0654. The molecular formula is C55H96N8O18. The van der Waals surface area contributed by atoms with Gasteiger partial charge in [-0.1, -0.05) is 0 Å². The number of nitrogens with zero attached hydrogens (tertiary/aromatic N) is 2. The molecule has 26 nitrogen and oxygen atoms in total. The first-order chi connectivity index (χ1) is 36.8. The molecule has 0 aromatic rings. The fourth-order valence-electron chi connectivity index (χ4n) is 9.63. The summed E-state index contributed by atoms with van der Waals surface area (Å²) >= 11 is 0. The summed E-state index contributed by atoms with van der Waals surface area (Å²) in [4.78, 5) is 85.6. The zero-order chi connectivity index (χ0) is 61.6. The minimum Gasteiger partial charge on any atom is -0.491 e. The number of nitrogens with one attached hydrogen (secondary N) is 6. The summed E-state index contributed by atoms with van der Waals surface area (Å²) in [6.07, 6.45) is -10.5. The van der Waals surface area contributed by atoms with Gasteiger partial charge in [0.1, 0.15) is 63.3 Å². The molecule has 81 heavy (non-hydrogen) atoms. The molecule has 4 aliphatic rings. The molecule has 4 rings (SSSR count). The van der Waals surface area contributed by atoms with E-state index in [0.29, 0.717) is 25.1 Å². The molecule has 2 aliphatic carbocycles. The Kier molecular flexibility index (Phi) is 22.2. The highest BCUT2D eigenvalue weighted by molar-refractivity contribution is 5.99. The number of rotatable bonds is 12. The van der Waals surface area contributed by atoms with Crippen molar-refractivity contribution in [2.24, 2.45) is 16.8 Å². The van der Waals surface area contributed by atoms with Gasteiger partial charge < -0.3 is 89.4 Å². The first kappa shape index (κ1) is 68.1. The monoisotopic (exact) mass is 1160 g/mol. The molecule has 26 heteroatoms. The summed E-state index contributed by atoms with van der Waals surface area (Å²) in [5.74, 6) is -1.14. The van der Waals surface area contributed by atoms with Gasteiger partial charge in [0.05, 0.1) is 37.4 Å². The van der Waals surface area contributed by atoms with Gasteiger partial charge in [0.25, 0.3) is 0 Å². The molecule has 9 N–H and O–H groups in total. The zero-order valence-electron chi connectivity index (χ0n) is 51.3. The number of carbonyl (C=O) groups is 6. The van der Waals surface area contributed by atoms with E-state index in [-0.39, 0.29) is 31.3 Å². The predicted octanol–water partition coefficient (Wildman–Crippen LogP) is 5.58. The number of likely N-dealkylation sites (N-methyl/N-ethyl adjacent to an activating group) is 1. The molecule has 0 spiro atoms. The molecule has 2 aliphatic heterocycles. The molecular weight excluding hydrogens is 1060 g/mol. The van der Waals surface area contributed by atoms with Gasteiger partial charge in [-0.3, -0.25) is 5.32 Å². The van der Waals surface area contributed by atoms with E-state index in [9.17, 15) is 44.1 Å². The second kappa shape index (κ2) is 26.4. The van der Waals surface area contributed by atoms with Gasteiger partial charge in [-0.2, -0.15) is 0 Å². The van der Waals surface area contributed by atoms with Crippen LogP contribution < -0.4 is 31.9 Å². The molecule has 6 amide bonds. The minimum absolute atomic E-state index is 0.0715. The normalized spacial score (nSPS) is 29.4. The van der Waals surface area contributed by atoms with Crippen LogP contribution >= 0.6 is 0 Å². The van der Waals surface area contributed by atoms with Crippen LogP contribution in [0.15, 0.2) is 16.8 Å². The van der Waals surface area contributed by atoms with Crippen LogP contribution in [0.25, 0.3) is 0 Å². The fourth-order valence-corrected chi connectivity index (χ4v) is 9.63. The van der Waals surface area contributed by atoms with Crippen LogP contribution in [-0.4, -0.2) is 190 Å². The van der Waals surface area contributed by atoms with E-state index in [1.807, 2.05) is 0 Å². The smallest absolute Gasteiger partial charge is 0.437 e. The van der Waals surface area contributed by atoms with E-state index in [2.05, 4.69) is 36.9 Å². The largest absolute Gasteiger partial charge is 0.491 e. The third-order valence-corrected chi connectivity index (χ3v) is 12.6. The van der Waals surface area contributed by atoms with Crippen molar-refractivity contribution in [3.8, 4) is 0 Å². The zero-order valence-corrected chi connectivity index (χ0v) is 51.3. The molecule has 1 unspecified atom stereocenters. The van der Waals surface area contributed by atoms with E-state index >= 15 is 0 Å². The molecule has 0 bridgehead atoms. The molecule has 3 fully saturated rings. The summed E-state index contributed by atoms with van der Waals surface area (Å²) in [5.41, 5.74) is -7.48. The fraction of sp³-hybridized carbons (Fsp3) is 0.836. The first-order valence-corrected chi connectivity index (χ1v) is 27.7. The number of hydrogen-bond acceptors (Lipinski definition) is 19. The van der Waals surface area contributed by atoms with Crippen LogP contribution in [0.3, 0.4) is 0 Å². The Labute approximate surface area is 477 Å². The number of carbonyl (C=O) groups excluding carboxylic acids is 6. The third-order valence-electron chi connectivity index (χ3n) is 12.6. The van der Waals surface area contributed by atoms with Gasteiger partial charge in [-0.25, -0.2) is 28.8 Å². The topological polar surface area (TPSA) is 334 Å². The van der Waals surface area contributed by atoms with Crippen molar-refractivity contribution in [1.29, 1.82) is 0 Å². The van der Waals surface area contributed by atoms with Crippen LogP contribution in [0.5, 0.6) is 0 Å². The lowest BCUT2D eigenvalue weighted by Gasteiger charge is -2.52. The van der Waals surface area contributed by atoms with E-state index in [1.54, 1.807) is 131 Å². The maximum atomic E-state index is 14.0. The minimum atomic E-state index is -1.87. The number of aliphatic hydroxyl groups is 3. The molecule has 2 saturated carbocycles. The SMILES string of the molecule is CN(C(=O)OC(C)(C)C)[C@@H]1[C@@H](O)[C@@H](O[C@H]2[C@H](NC(=O)OC(C)(C)C)C[C@H](NC(=O)OC(C)(C)C)C([C@H]3OC(CNC[C@H]4C[C@H](NC(=O)OC(C)(C)C)C4)=CC[C@H]3N/C(=N/C(=O)OC(C)(C)C)NC(=O)OC(C)(C)C)[C@@H]2O)OC[C@]1(C)O. The molecule has 0 aromatic carbocycles. The van der Waals surface area contributed by atoms with E-state index in [1.165, 1.54) is 14.0 Å². The van der Waals surface area contributed by atoms with E-state index in [0.717, 1.165) is 4.90 Å². The van der Waals surface area contributed by atoms with Crippen molar-refractivity contribution < 1.29 is 86.7 Å². The second-order valence-corrected chi connectivity index (χ2v) is 27.6. The van der Waals surface area contributed by atoms with Gasteiger partial charge in [-0.15, -0.1) is 4.99 Å². The number of aliphatic imine (C=N–C) groups is 1. The molecule has 0 radical (unpaired) electrons. The number of amides is 6. The average Bonchev–Trinajstić information content (AvgIpc) is 3.21. The number of aliphatic hydroxyl groups excluding tert-OH is 2. The highest BCUT2D eigenvalue weighted by Crippen LogP contribution is 2.39. The van der Waals surface area contributed by atoms with Crippen LogP contribution in [-0.2, 0) is 42.6 Å². The molecule has 464 valence electrons. The second-order valence-electron chi connectivity index (χ2n) is 27.6. The standard InChI is InChI=1S/C55H96N8O18/c1-49(2,3)76-43(66)57-30-23-29(24-30)26-56-27-31-21-22-32(58-42(61-46(69)79-52(10,11)12)62-47(70)80-53(13,14)15)38(74-31)35-33(59-44(67)77-50(4,5)6)25-34(60-45(68)78-51(7,8)9)39(36(35)64)75-41-37(65)40(55(19,72)28-73-41)63(20)48(71)81-54(16,17)18/h21,29-30,32-41,56,64-65,72H,22-28H2,1-20H3,(H,57,66)(H,59,67)(H,60,68)(H2,58,61,62,69,70)/t29-,30-,32-,33+,34-,35?,36+,37-,38+,39+,40-,41-,55+/m1/s1. The summed E-state index contributed by atoms with van der Waals surface area (Å²) in [6.45, 7) is 31.7. The Balaban J connectivity index is 1.85. The molecule has 0 aromatic heterocycles. The van der Waals surface area contributed by atoms with Gasteiger partial charge >= 0.3 is 36.6 Å². The van der Waals surface area contributed by atoms with Crippen molar-refractivity contribution in [2.45, 2.75) is 257 Å². The van der Waals surface area contributed by atoms with Gasteiger partial charge in [0.2, 0.25) is 5.96 Å². The lowest BCUT2D eigenvalue weighted by molar-refractivity contribution is -0.305. The van der Waals surface area contributed by atoms with Crippen molar-refractivity contribution in [3.63, 3.8) is 0 Å². The maximum absolute atomic E-state index is 14.0. The number of guanidine groups is 1. The van der Waals surface area contributed by atoms with E-state index in [4.69, 9.17) is 42.6 Å². The summed E-state index contributed by atoms with van der Waals surface area (Å²) in [5, 5.41) is 54.6. The Morgan fingerprint density at radius 2 is 1.15 bits per heavy atom. The Morgan fingerprint density at radius 3 is 1.67 bits per heavy atom. The van der Waals surface area contributed by atoms with Gasteiger partial charge in [-0.05, 0) is 176 Å². The van der Waals surface area contributed by atoms with Crippen LogP contribution in [0.4, 0.5) is 28.8 Å². The third kappa shape index (κ3) is 22.7. The maximum Gasteiger partial charge on any atom is 0.437 e. The Morgan fingerprint density at radius 1 is 0.654 bits per heavy atom. The van der Waals surface area contributed by atoms with Gasteiger partial charge in [0, 0.05) is 25.0 Å². The van der Waals surface area contributed by atoms with Crippen LogP contribution in [0.1, 0.15) is 157 Å². The lowest BCUT2D eigenvalue weighted by Crippen LogP contribution is -2.71.